The number of likely N-dealkylation sites (tertiary alicyclic amines) is 1. The predicted molar refractivity (Wildman–Crippen MR) is 81.1 cm³/mol. The van der Waals surface area contributed by atoms with E-state index in [4.69, 9.17) is 4.84 Å². The SMILES string of the molecule is CN1CCC(NC(=O)[C@@H]2CC(c3ccc(F)cc3)=NO2)CC1. The summed E-state index contributed by atoms with van der Waals surface area (Å²) in [6, 6.07) is 6.26. The van der Waals surface area contributed by atoms with Crippen LogP contribution in [-0.4, -0.2) is 48.8 Å². The number of hydrogen-bond acceptors (Lipinski definition) is 4. The number of benzene rings is 1. The molecule has 0 spiro atoms. The monoisotopic (exact) mass is 305 g/mol. The number of amides is 1. The van der Waals surface area contributed by atoms with E-state index in [1.165, 1.54) is 12.1 Å². The molecule has 1 fully saturated rings. The zero-order chi connectivity index (χ0) is 15.5. The van der Waals surface area contributed by atoms with Crippen molar-refractivity contribution in [3.05, 3.63) is 35.6 Å². The first-order valence-electron chi connectivity index (χ1n) is 7.59. The van der Waals surface area contributed by atoms with Crippen LogP contribution in [0.15, 0.2) is 29.4 Å². The summed E-state index contributed by atoms with van der Waals surface area (Å²) in [5, 5.41) is 7.01. The number of carbonyl (C=O) groups is 1. The molecule has 1 aromatic carbocycles. The van der Waals surface area contributed by atoms with Crippen LogP contribution in [-0.2, 0) is 9.63 Å². The van der Waals surface area contributed by atoms with Crippen LogP contribution < -0.4 is 5.32 Å². The van der Waals surface area contributed by atoms with Crippen LogP contribution in [0.3, 0.4) is 0 Å². The van der Waals surface area contributed by atoms with Gasteiger partial charge in [-0.2, -0.15) is 0 Å². The van der Waals surface area contributed by atoms with Gasteiger partial charge < -0.3 is 15.1 Å². The molecule has 1 atom stereocenters. The first-order valence-corrected chi connectivity index (χ1v) is 7.59. The van der Waals surface area contributed by atoms with E-state index in [9.17, 15) is 9.18 Å². The Hall–Kier alpha value is -1.95. The largest absolute Gasteiger partial charge is 0.382 e. The highest BCUT2D eigenvalue weighted by Gasteiger charge is 2.30. The standard InChI is InChI=1S/C16H20FN3O2/c1-20-8-6-13(7-9-20)18-16(21)15-10-14(19-22-15)11-2-4-12(17)5-3-11/h2-5,13,15H,6-10H2,1H3,(H,18,21)/t15-/m0/s1. The zero-order valence-electron chi connectivity index (χ0n) is 12.6. The number of halogens is 1. The van der Waals surface area contributed by atoms with Crippen molar-refractivity contribution in [3.8, 4) is 0 Å². The third-order valence-corrected chi connectivity index (χ3v) is 4.20. The maximum Gasteiger partial charge on any atom is 0.264 e. The lowest BCUT2D eigenvalue weighted by Crippen LogP contribution is -2.46. The molecule has 2 aliphatic rings. The lowest BCUT2D eigenvalue weighted by molar-refractivity contribution is -0.132. The van der Waals surface area contributed by atoms with Crippen LogP contribution in [0.2, 0.25) is 0 Å². The summed E-state index contributed by atoms with van der Waals surface area (Å²) in [6.45, 7) is 1.99. The smallest absolute Gasteiger partial charge is 0.264 e. The Balaban J connectivity index is 1.53. The van der Waals surface area contributed by atoms with E-state index in [0.717, 1.165) is 31.5 Å². The van der Waals surface area contributed by atoms with Gasteiger partial charge in [0.05, 0.1) is 5.71 Å². The van der Waals surface area contributed by atoms with Gasteiger partial charge in [0.2, 0.25) is 6.10 Å². The van der Waals surface area contributed by atoms with Crippen LogP contribution in [0.25, 0.3) is 0 Å². The van der Waals surface area contributed by atoms with Crippen LogP contribution >= 0.6 is 0 Å². The number of hydrogen-bond donors (Lipinski definition) is 1. The van der Waals surface area contributed by atoms with Crippen molar-refractivity contribution in [2.45, 2.75) is 31.4 Å². The third-order valence-electron chi connectivity index (χ3n) is 4.20. The number of rotatable bonds is 3. The molecule has 0 unspecified atom stereocenters. The first-order chi connectivity index (χ1) is 10.6. The number of nitrogens with one attached hydrogen (secondary N) is 1. The van der Waals surface area contributed by atoms with E-state index >= 15 is 0 Å². The van der Waals surface area contributed by atoms with Crippen LogP contribution in [0, 0.1) is 5.82 Å². The molecule has 1 amide bonds. The second-order valence-electron chi connectivity index (χ2n) is 5.93. The van der Waals surface area contributed by atoms with E-state index in [0.29, 0.717) is 12.1 Å². The zero-order valence-corrected chi connectivity index (χ0v) is 12.6. The highest BCUT2D eigenvalue weighted by molar-refractivity contribution is 6.04. The van der Waals surface area contributed by atoms with Crippen LogP contribution in [0.4, 0.5) is 4.39 Å². The van der Waals surface area contributed by atoms with Crippen molar-refractivity contribution in [3.63, 3.8) is 0 Å². The van der Waals surface area contributed by atoms with Gasteiger partial charge in [-0.05, 0) is 50.7 Å². The van der Waals surface area contributed by atoms with Crippen molar-refractivity contribution >= 4 is 11.6 Å². The summed E-state index contributed by atoms with van der Waals surface area (Å²) in [4.78, 5) is 19.7. The Bertz CT molecular complexity index is 565. The van der Waals surface area contributed by atoms with Crippen LogP contribution in [0.1, 0.15) is 24.8 Å². The molecule has 22 heavy (non-hydrogen) atoms. The van der Waals surface area contributed by atoms with E-state index in [2.05, 4.69) is 22.4 Å². The van der Waals surface area contributed by atoms with Gasteiger partial charge in [-0.15, -0.1) is 0 Å². The van der Waals surface area contributed by atoms with Gasteiger partial charge in [-0.25, -0.2) is 4.39 Å². The molecule has 0 bridgehead atoms. The molecule has 5 nitrogen and oxygen atoms in total. The Morgan fingerprint density at radius 3 is 2.68 bits per heavy atom. The molecule has 0 aromatic heterocycles. The van der Waals surface area contributed by atoms with Gasteiger partial charge in [0.15, 0.2) is 0 Å². The molecule has 3 rings (SSSR count). The number of piperidine rings is 1. The topological polar surface area (TPSA) is 53.9 Å². The molecular weight excluding hydrogens is 285 g/mol. The van der Waals surface area contributed by atoms with E-state index < -0.39 is 6.10 Å². The van der Waals surface area contributed by atoms with Crippen molar-refractivity contribution in [1.29, 1.82) is 0 Å². The molecule has 2 aliphatic heterocycles. The summed E-state index contributed by atoms with van der Waals surface area (Å²) in [7, 11) is 2.08. The summed E-state index contributed by atoms with van der Waals surface area (Å²) >= 11 is 0. The number of oxime groups is 1. The third kappa shape index (κ3) is 3.44. The van der Waals surface area contributed by atoms with E-state index in [-0.39, 0.29) is 17.8 Å². The second-order valence-corrected chi connectivity index (χ2v) is 5.93. The molecule has 118 valence electrons. The van der Waals surface area contributed by atoms with E-state index in [1.807, 2.05) is 0 Å². The quantitative estimate of drug-likeness (QED) is 0.921. The fourth-order valence-electron chi connectivity index (χ4n) is 2.78. The summed E-state index contributed by atoms with van der Waals surface area (Å²) in [5.74, 6) is -0.407. The maximum atomic E-state index is 12.9. The highest BCUT2D eigenvalue weighted by atomic mass is 19.1. The normalized spacial score (nSPS) is 23.0. The minimum atomic E-state index is -0.584. The average molecular weight is 305 g/mol. The predicted octanol–water partition coefficient (Wildman–Crippen LogP) is 1.53. The van der Waals surface area contributed by atoms with E-state index in [1.54, 1.807) is 12.1 Å². The fraction of sp³-hybridized carbons (Fsp3) is 0.500. The molecule has 0 aliphatic carbocycles. The summed E-state index contributed by atoms with van der Waals surface area (Å²) < 4.78 is 12.9. The lowest BCUT2D eigenvalue weighted by Gasteiger charge is -2.29. The molecule has 0 radical (unpaired) electrons. The minimum Gasteiger partial charge on any atom is -0.382 e. The Morgan fingerprint density at radius 1 is 1.32 bits per heavy atom. The van der Waals surface area contributed by atoms with Gasteiger partial charge >= 0.3 is 0 Å². The molecule has 1 N–H and O–H groups in total. The van der Waals surface area contributed by atoms with Gasteiger partial charge in [0, 0.05) is 12.5 Å². The molecule has 6 heteroatoms. The summed E-state index contributed by atoms with van der Waals surface area (Å²) in [5.41, 5.74) is 1.47. The fourth-order valence-corrected chi connectivity index (χ4v) is 2.78. The van der Waals surface area contributed by atoms with Crippen molar-refractivity contribution < 1.29 is 14.0 Å². The van der Waals surface area contributed by atoms with Gasteiger partial charge in [-0.1, -0.05) is 17.3 Å². The molecule has 0 saturated carbocycles. The Labute approximate surface area is 129 Å². The van der Waals surface area contributed by atoms with Crippen molar-refractivity contribution in [1.82, 2.24) is 10.2 Å². The number of carbonyl (C=O) groups excluding carboxylic acids is 1. The maximum absolute atomic E-state index is 12.9. The van der Waals surface area contributed by atoms with Gasteiger partial charge in [0.1, 0.15) is 5.82 Å². The molecular formula is C16H20FN3O2. The van der Waals surface area contributed by atoms with Gasteiger partial charge in [0.25, 0.3) is 5.91 Å². The van der Waals surface area contributed by atoms with Crippen molar-refractivity contribution in [2.75, 3.05) is 20.1 Å². The van der Waals surface area contributed by atoms with Crippen molar-refractivity contribution in [2.24, 2.45) is 5.16 Å². The number of nitrogens with zero attached hydrogens (tertiary/aromatic N) is 2. The molecule has 1 aromatic rings. The van der Waals surface area contributed by atoms with Gasteiger partial charge in [-0.3, -0.25) is 4.79 Å². The Morgan fingerprint density at radius 2 is 2.00 bits per heavy atom. The minimum absolute atomic E-state index is 0.115. The molecule has 2 heterocycles. The highest BCUT2D eigenvalue weighted by Crippen LogP contribution is 2.18. The first kappa shape index (κ1) is 15.0. The average Bonchev–Trinajstić information content (AvgIpc) is 3.00. The lowest BCUT2D eigenvalue weighted by atomic mass is 10.0. The molecule has 1 saturated heterocycles. The Kier molecular flexibility index (Phi) is 4.38. The second kappa shape index (κ2) is 6.44. The summed E-state index contributed by atoms with van der Waals surface area (Å²) in [6.07, 6.45) is 1.76. The van der Waals surface area contributed by atoms with Crippen LogP contribution in [0.5, 0.6) is 0 Å².